The van der Waals surface area contributed by atoms with Crippen molar-refractivity contribution in [1.29, 1.82) is 5.26 Å². The lowest BCUT2D eigenvalue weighted by Crippen LogP contribution is -2.12. The predicted molar refractivity (Wildman–Crippen MR) is 78.7 cm³/mol. The van der Waals surface area contributed by atoms with Crippen molar-refractivity contribution in [1.82, 2.24) is 0 Å². The molecule has 0 saturated carbocycles. The van der Waals surface area contributed by atoms with Gasteiger partial charge in [0, 0.05) is 11.6 Å². The van der Waals surface area contributed by atoms with Crippen molar-refractivity contribution >= 4 is 11.6 Å². The van der Waals surface area contributed by atoms with Crippen LogP contribution >= 0.6 is 0 Å². The molecule has 0 aliphatic carbocycles. The molecule has 21 heavy (non-hydrogen) atoms. The smallest absolute Gasteiger partial charge is 0.255 e. The van der Waals surface area contributed by atoms with Crippen LogP contribution in [0.3, 0.4) is 0 Å². The number of methoxy groups -OCH3 is 2. The minimum Gasteiger partial charge on any atom is -0.497 e. The van der Waals surface area contributed by atoms with Crippen molar-refractivity contribution in [3.05, 3.63) is 53.6 Å². The number of ether oxygens (including phenoxy) is 2. The first-order chi connectivity index (χ1) is 10.2. The van der Waals surface area contributed by atoms with E-state index in [1.165, 1.54) is 7.11 Å². The maximum absolute atomic E-state index is 12.2. The van der Waals surface area contributed by atoms with Crippen molar-refractivity contribution in [2.75, 3.05) is 19.5 Å². The van der Waals surface area contributed by atoms with Crippen molar-refractivity contribution in [3.8, 4) is 17.6 Å². The quantitative estimate of drug-likeness (QED) is 0.936. The second-order valence-corrected chi connectivity index (χ2v) is 4.21. The van der Waals surface area contributed by atoms with Crippen LogP contribution in [0.25, 0.3) is 0 Å². The minimum absolute atomic E-state index is 0.263. The molecule has 0 spiro atoms. The number of carbonyl (C=O) groups excluding carboxylic acids is 1. The van der Waals surface area contributed by atoms with E-state index in [2.05, 4.69) is 5.32 Å². The lowest BCUT2D eigenvalue weighted by molar-refractivity contribution is 0.102. The van der Waals surface area contributed by atoms with Gasteiger partial charge in [-0.15, -0.1) is 0 Å². The molecule has 0 aliphatic heterocycles. The summed E-state index contributed by atoms with van der Waals surface area (Å²) in [5, 5.41) is 11.6. The highest BCUT2D eigenvalue weighted by atomic mass is 16.5. The molecule has 1 amide bonds. The van der Waals surface area contributed by atoms with E-state index in [-0.39, 0.29) is 5.91 Å². The van der Waals surface area contributed by atoms with Gasteiger partial charge in [0.2, 0.25) is 0 Å². The van der Waals surface area contributed by atoms with Gasteiger partial charge in [0.1, 0.15) is 11.5 Å². The molecule has 2 rings (SSSR count). The second kappa shape index (κ2) is 6.44. The summed E-state index contributed by atoms with van der Waals surface area (Å²) in [4.78, 5) is 12.2. The van der Waals surface area contributed by atoms with E-state index in [4.69, 9.17) is 14.7 Å². The fourth-order valence-corrected chi connectivity index (χ4v) is 1.80. The van der Waals surface area contributed by atoms with Gasteiger partial charge < -0.3 is 14.8 Å². The summed E-state index contributed by atoms with van der Waals surface area (Å²) >= 11 is 0. The van der Waals surface area contributed by atoms with E-state index in [9.17, 15) is 4.79 Å². The van der Waals surface area contributed by atoms with Crippen molar-refractivity contribution < 1.29 is 14.3 Å². The third kappa shape index (κ3) is 3.31. The van der Waals surface area contributed by atoms with Gasteiger partial charge >= 0.3 is 0 Å². The fourth-order valence-electron chi connectivity index (χ4n) is 1.80. The summed E-state index contributed by atoms with van der Waals surface area (Å²) < 4.78 is 10.2. The van der Waals surface area contributed by atoms with Gasteiger partial charge in [-0.1, -0.05) is 0 Å². The molecular weight excluding hydrogens is 268 g/mol. The van der Waals surface area contributed by atoms with Crippen LogP contribution in [0.1, 0.15) is 15.9 Å². The largest absolute Gasteiger partial charge is 0.497 e. The first-order valence-corrected chi connectivity index (χ1v) is 6.21. The highest BCUT2D eigenvalue weighted by molar-refractivity contribution is 6.05. The van der Waals surface area contributed by atoms with Crippen LogP contribution in [0.2, 0.25) is 0 Å². The van der Waals surface area contributed by atoms with Crippen LogP contribution in [0.5, 0.6) is 11.5 Å². The summed E-state index contributed by atoms with van der Waals surface area (Å²) in [5.74, 6) is 0.860. The molecule has 0 fully saturated rings. The molecule has 5 nitrogen and oxygen atoms in total. The SMILES string of the molecule is COc1ccc(C(=O)Nc2ccc(C#N)cc2OC)cc1. The van der Waals surface area contributed by atoms with Crippen molar-refractivity contribution in [3.63, 3.8) is 0 Å². The molecule has 0 aromatic heterocycles. The summed E-state index contributed by atoms with van der Waals surface area (Å²) in [6.45, 7) is 0. The van der Waals surface area contributed by atoms with Crippen molar-refractivity contribution in [2.45, 2.75) is 0 Å². The van der Waals surface area contributed by atoms with E-state index in [0.29, 0.717) is 28.3 Å². The van der Waals surface area contributed by atoms with Gasteiger partial charge in [0.05, 0.1) is 31.5 Å². The number of amides is 1. The number of hydrogen-bond donors (Lipinski definition) is 1. The van der Waals surface area contributed by atoms with Gasteiger partial charge in [-0.2, -0.15) is 5.26 Å². The molecule has 0 saturated heterocycles. The highest BCUT2D eigenvalue weighted by Crippen LogP contribution is 2.26. The number of carbonyl (C=O) groups is 1. The zero-order chi connectivity index (χ0) is 15.2. The van der Waals surface area contributed by atoms with Crippen LogP contribution in [0.4, 0.5) is 5.69 Å². The number of nitriles is 1. The molecule has 0 unspecified atom stereocenters. The first kappa shape index (κ1) is 14.4. The maximum atomic E-state index is 12.2. The summed E-state index contributed by atoms with van der Waals surface area (Å²) in [6, 6.07) is 13.6. The standard InChI is InChI=1S/C16H14N2O3/c1-20-13-6-4-12(5-7-13)16(19)18-14-8-3-11(10-17)9-15(14)21-2/h3-9H,1-2H3,(H,18,19). The normalized spacial score (nSPS) is 9.57. The molecule has 0 radical (unpaired) electrons. The molecule has 1 N–H and O–H groups in total. The fraction of sp³-hybridized carbons (Fsp3) is 0.125. The molecular formula is C16H14N2O3. The molecule has 0 aliphatic rings. The maximum Gasteiger partial charge on any atom is 0.255 e. The van der Waals surface area contributed by atoms with Crippen molar-refractivity contribution in [2.24, 2.45) is 0 Å². The van der Waals surface area contributed by atoms with Gasteiger partial charge in [0.15, 0.2) is 0 Å². The lowest BCUT2D eigenvalue weighted by Gasteiger charge is -2.10. The second-order valence-electron chi connectivity index (χ2n) is 4.21. The number of nitrogens with zero attached hydrogens (tertiary/aromatic N) is 1. The van der Waals surface area contributed by atoms with Crippen LogP contribution in [0, 0.1) is 11.3 Å². The van der Waals surface area contributed by atoms with Gasteiger partial charge in [-0.05, 0) is 36.4 Å². The van der Waals surface area contributed by atoms with Gasteiger partial charge in [-0.25, -0.2) is 0 Å². The lowest BCUT2D eigenvalue weighted by atomic mass is 10.1. The molecule has 0 atom stereocenters. The van der Waals surface area contributed by atoms with Crippen LogP contribution in [-0.2, 0) is 0 Å². The highest BCUT2D eigenvalue weighted by Gasteiger charge is 2.10. The third-order valence-corrected chi connectivity index (χ3v) is 2.93. The number of rotatable bonds is 4. The number of benzene rings is 2. The Hall–Kier alpha value is -3.00. The van der Waals surface area contributed by atoms with Crippen LogP contribution < -0.4 is 14.8 Å². The van der Waals surface area contributed by atoms with E-state index in [1.807, 2.05) is 6.07 Å². The van der Waals surface area contributed by atoms with Crippen LogP contribution in [-0.4, -0.2) is 20.1 Å². The molecule has 2 aromatic carbocycles. The summed E-state index contributed by atoms with van der Waals surface area (Å²) in [7, 11) is 3.05. The summed E-state index contributed by atoms with van der Waals surface area (Å²) in [5.41, 5.74) is 1.48. The van der Waals surface area contributed by atoms with Gasteiger partial charge in [0.25, 0.3) is 5.91 Å². The van der Waals surface area contributed by atoms with E-state index >= 15 is 0 Å². The van der Waals surface area contributed by atoms with Crippen LogP contribution in [0.15, 0.2) is 42.5 Å². The van der Waals surface area contributed by atoms with E-state index in [1.54, 1.807) is 49.6 Å². The third-order valence-electron chi connectivity index (χ3n) is 2.93. The Balaban J connectivity index is 2.20. The Bertz CT molecular complexity index is 688. The zero-order valence-electron chi connectivity index (χ0n) is 11.7. The molecule has 2 aromatic rings. The number of anilines is 1. The minimum atomic E-state index is -0.263. The molecule has 5 heteroatoms. The average molecular weight is 282 g/mol. The molecule has 0 bridgehead atoms. The monoisotopic (exact) mass is 282 g/mol. The average Bonchev–Trinajstić information content (AvgIpc) is 2.55. The van der Waals surface area contributed by atoms with E-state index < -0.39 is 0 Å². The zero-order valence-corrected chi connectivity index (χ0v) is 11.7. The Morgan fingerprint density at radius 3 is 2.38 bits per heavy atom. The molecule has 106 valence electrons. The molecule has 0 heterocycles. The van der Waals surface area contributed by atoms with E-state index in [0.717, 1.165) is 0 Å². The number of hydrogen-bond acceptors (Lipinski definition) is 4. The summed E-state index contributed by atoms with van der Waals surface area (Å²) in [6.07, 6.45) is 0. The Morgan fingerprint density at radius 2 is 1.81 bits per heavy atom. The Kier molecular flexibility index (Phi) is 4.42. The topological polar surface area (TPSA) is 71.3 Å². The Morgan fingerprint density at radius 1 is 1.10 bits per heavy atom. The van der Waals surface area contributed by atoms with Gasteiger partial charge in [-0.3, -0.25) is 4.79 Å². The predicted octanol–water partition coefficient (Wildman–Crippen LogP) is 2.83. The Labute approximate surface area is 122 Å². The number of nitrogens with one attached hydrogen (secondary N) is 1. The first-order valence-electron chi connectivity index (χ1n) is 6.21.